The molecule has 1 N–H and O–H groups in total. The van der Waals surface area contributed by atoms with Crippen LogP contribution in [0.5, 0.6) is 40.2 Å². The minimum atomic E-state index is -0.538. The summed E-state index contributed by atoms with van der Waals surface area (Å²) in [4.78, 5) is 12.9. The van der Waals surface area contributed by atoms with Gasteiger partial charge in [0.2, 0.25) is 11.5 Å². The van der Waals surface area contributed by atoms with Crippen LogP contribution < -0.4 is 38.5 Å². The highest BCUT2D eigenvalue weighted by atomic mass is 16.6. The van der Waals surface area contributed by atoms with Gasteiger partial charge in [-0.25, -0.2) is 4.79 Å². The molecule has 0 spiro atoms. The molecule has 0 saturated heterocycles. The Balaban J connectivity index is 1.89. The van der Waals surface area contributed by atoms with Crippen LogP contribution in [0.25, 0.3) is 0 Å². The second kappa shape index (κ2) is 9.38. The molecule has 0 aromatic heterocycles. The minimum Gasteiger partial charge on any atom is -0.493 e. The van der Waals surface area contributed by atoms with Crippen LogP contribution in [0.1, 0.15) is 5.56 Å². The lowest BCUT2D eigenvalue weighted by Crippen LogP contribution is -2.19. The van der Waals surface area contributed by atoms with Gasteiger partial charge in [-0.1, -0.05) is 0 Å². The second-order valence-corrected chi connectivity index (χ2v) is 6.41. The molecule has 2 aromatic rings. The number of ether oxygens (including phenoxy) is 7. The van der Waals surface area contributed by atoms with E-state index in [0.717, 1.165) is 11.3 Å². The predicted molar refractivity (Wildman–Crippen MR) is 113 cm³/mol. The third kappa shape index (κ3) is 4.11. The summed E-state index contributed by atoms with van der Waals surface area (Å²) in [5.74, 6) is 2.33. The Bertz CT molecular complexity index is 990. The van der Waals surface area contributed by atoms with Crippen LogP contribution in [-0.4, -0.2) is 48.6 Å². The predicted octanol–water partition coefficient (Wildman–Crippen LogP) is 3.20. The van der Waals surface area contributed by atoms with Gasteiger partial charge in [0.25, 0.3) is 0 Å². The third-order valence-electron chi connectivity index (χ3n) is 4.81. The fraction of sp³-hybridized carbons (Fsp3) is 0.318. The Kier molecular flexibility index (Phi) is 6.64. The molecule has 9 nitrogen and oxygen atoms in total. The average molecular weight is 431 g/mol. The quantitative estimate of drug-likeness (QED) is 0.499. The summed E-state index contributed by atoms with van der Waals surface area (Å²) < 4.78 is 37.8. The van der Waals surface area contributed by atoms with Crippen LogP contribution in [0.15, 0.2) is 30.0 Å². The fourth-order valence-corrected chi connectivity index (χ4v) is 3.35. The Labute approximate surface area is 180 Å². The number of benzene rings is 2. The maximum absolute atomic E-state index is 12.9. The first kappa shape index (κ1) is 21.9. The molecule has 0 amide bonds. The number of fused-ring (bicyclic) bond motifs is 1. The molecule has 0 fully saturated rings. The number of esters is 1. The van der Waals surface area contributed by atoms with Crippen molar-refractivity contribution >= 4 is 11.7 Å². The number of anilines is 1. The lowest BCUT2D eigenvalue weighted by Gasteiger charge is -2.23. The number of carbonyl (C=O) groups excluding carboxylic acids is 1. The average Bonchev–Trinajstić information content (AvgIpc) is 2.81. The van der Waals surface area contributed by atoms with Crippen molar-refractivity contribution in [2.24, 2.45) is 0 Å². The van der Waals surface area contributed by atoms with Crippen LogP contribution in [0.2, 0.25) is 0 Å². The summed E-state index contributed by atoms with van der Waals surface area (Å²) in [6, 6.07) is 4.89. The molecule has 1 aliphatic heterocycles. The van der Waals surface area contributed by atoms with Crippen molar-refractivity contribution in [3.8, 4) is 40.2 Å². The van der Waals surface area contributed by atoms with Crippen LogP contribution in [0.4, 0.5) is 5.69 Å². The molecule has 0 atom stereocenters. The summed E-state index contributed by atoms with van der Waals surface area (Å²) >= 11 is 0. The van der Waals surface area contributed by atoms with Gasteiger partial charge in [0, 0.05) is 42.1 Å². The first-order chi connectivity index (χ1) is 15.0. The van der Waals surface area contributed by atoms with E-state index in [4.69, 9.17) is 33.2 Å². The number of nitrogens with one attached hydrogen (secondary N) is 1. The molecule has 0 radical (unpaired) electrons. The molecule has 1 aliphatic rings. The van der Waals surface area contributed by atoms with E-state index in [-0.39, 0.29) is 12.2 Å². The van der Waals surface area contributed by atoms with Crippen LogP contribution in [-0.2, 0) is 11.2 Å². The number of hydrogen-bond acceptors (Lipinski definition) is 9. The van der Waals surface area contributed by atoms with E-state index in [9.17, 15) is 4.79 Å². The highest BCUT2D eigenvalue weighted by Gasteiger charge is 2.27. The van der Waals surface area contributed by atoms with Crippen molar-refractivity contribution in [3.63, 3.8) is 0 Å². The Morgan fingerprint density at radius 2 is 1.29 bits per heavy atom. The summed E-state index contributed by atoms with van der Waals surface area (Å²) in [7, 11) is 9.08. The van der Waals surface area contributed by atoms with Crippen molar-refractivity contribution in [2.75, 3.05) is 48.0 Å². The molecular weight excluding hydrogens is 406 g/mol. The Hall–Kier alpha value is -3.75. The van der Waals surface area contributed by atoms with Gasteiger partial charge in [0.1, 0.15) is 5.75 Å². The third-order valence-corrected chi connectivity index (χ3v) is 4.81. The normalized spacial score (nSPS) is 12.0. The van der Waals surface area contributed by atoms with E-state index < -0.39 is 5.97 Å². The summed E-state index contributed by atoms with van der Waals surface area (Å²) in [6.07, 6.45) is 1.86. The second-order valence-electron chi connectivity index (χ2n) is 6.41. The highest BCUT2D eigenvalue weighted by Crippen LogP contribution is 2.46. The summed E-state index contributed by atoms with van der Waals surface area (Å²) in [5.41, 5.74) is 1.89. The van der Waals surface area contributed by atoms with Crippen LogP contribution in [0.3, 0.4) is 0 Å². The number of methoxy groups -OCH3 is 6. The maximum Gasteiger partial charge on any atom is 0.341 e. The number of carbonyl (C=O) groups is 1. The standard InChI is InChI=1S/C22H25NO8/c1-25-16-8-13(9-17(26-2)20(16)29-5)31-22(24)12-7-14-15(23-11-12)10-18(27-3)21(30-6)19(14)28-4/h8-11,23H,7H2,1-6H3. The van der Waals surface area contributed by atoms with E-state index in [1.165, 1.54) is 35.5 Å². The Morgan fingerprint density at radius 3 is 1.81 bits per heavy atom. The van der Waals surface area contributed by atoms with Gasteiger partial charge < -0.3 is 38.5 Å². The van der Waals surface area contributed by atoms with Crippen LogP contribution >= 0.6 is 0 Å². The van der Waals surface area contributed by atoms with Gasteiger partial charge in [0.15, 0.2) is 23.0 Å². The molecule has 9 heteroatoms. The molecule has 0 saturated carbocycles. The van der Waals surface area contributed by atoms with Crippen LogP contribution in [0, 0.1) is 0 Å². The summed E-state index contributed by atoms with van der Waals surface area (Å²) in [6.45, 7) is 0. The maximum atomic E-state index is 12.9. The minimum absolute atomic E-state index is 0.255. The number of rotatable bonds is 8. The SMILES string of the molecule is COc1cc(OC(=O)C2=CNc3cc(OC)c(OC)c(OC)c3C2)cc(OC)c1OC. The molecule has 0 unspecified atom stereocenters. The van der Waals surface area contributed by atoms with Crippen molar-refractivity contribution < 1.29 is 38.0 Å². The first-order valence-electron chi connectivity index (χ1n) is 9.30. The van der Waals surface area contributed by atoms with Gasteiger partial charge >= 0.3 is 5.97 Å². The van der Waals surface area contributed by atoms with Crippen molar-refractivity contribution in [1.82, 2.24) is 0 Å². The van der Waals surface area contributed by atoms with Crippen molar-refractivity contribution in [1.29, 1.82) is 0 Å². The monoisotopic (exact) mass is 431 g/mol. The lowest BCUT2D eigenvalue weighted by atomic mass is 9.98. The van der Waals surface area contributed by atoms with E-state index in [0.29, 0.717) is 40.1 Å². The molecule has 1 heterocycles. The van der Waals surface area contributed by atoms with Gasteiger partial charge in [-0.3, -0.25) is 0 Å². The van der Waals surface area contributed by atoms with E-state index in [2.05, 4.69) is 5.32 Å². The van der Waals surface area contributed by atoms with Crippen molar-refractivity contribution in [2.45, 2.75) is 6.42 Å². The van der Waals surface area contributed by atoms with Gasteiger partial charge in [-0.05, 0) is 0 Å². The zero-order chi connectivity index (χ0) is 22.5. The van der Waals surface area contributed by atoms with Gasteiger partial charge in [-0.2, -0.15) is 0 Å². The molecular formula is C22H25NO8. The Morgan fingerprint density at radius 1 is 0.742 bits per heavy atom. The molecule has 31 heavy (non-hydrogen) atoms. The zero-order valence-corrected chi connectivity index (χ0v) is 18.3. The topological polar surface area (TPSA) is 93.7 Å². The lowest BCUT2D eigenvalue weighted by molar-refractivity contribution is -0.130. The van der Waals surface area contributed by atoms with Gasteiger partial charge in [0.05, 0.1) is 48.2 Å². The molecule has 0 bridgehead atoms. The van der Waals surface area contributed by atoms with E-state index in [1.807, 2.05) is 0 Å². The number of hydrogen-bond donors (Lipinski definition) is 1. The van der Waals surface area contributed by atoms with E-state index in [1.54, 1.807) is 31.5 Å². The van der Waals surface area contributed by atoms with Crippen molar-refractivity contribution in [3.05, 3.63) is 35.5 Å². The molecule has 2 aromatic carbocycles. The molecule has 3 rings (SSSR count). The first-order valence-corrected chi connectivity index (χ1v) is 9.30. The van der Waals surface area contributed by atoms with E-state index >= 15 is 0 Å². The smallest absolute Gasteiger partial charge is 0.341 e. The zero-order valence-electron chi connectivity index (χ0n) is 18.3. The summed E-state index contributed by atoms with van der Waals surface area (Å²) in [5, 5.41) is 3.10. The fourth-order valence-electron chi connectivity index (χ4n) is 3.35. The molecule has 166 valence electrons. The largest absolute Gasteiger partial charge is 0.493 e. The highest BCUT2D eigenvalue weighted by molar-refractivity contribution is 5.93. The molecule has 0 aliphatic carbocycles. The van der Waals surface area contributed by atoms with Gasteiger partial charge in [-0.15, -0.1) is 0 Å².